The van der Waals surface area contributed by atoms with Crippen molar-refractivity contribution < 1.29 is 18.0 Å². The van der Waals surface area contributed by atoms with Crippen LogP contribution in [0.4, 0.5) is 13.2 Å². The molecule has 0 bridgehead atoms. The Kier molecular flexibility index (Phi) is 3.68. The van der Waals surface area contributed by atoms with Crippen LogP contribution in [0.25, 0.3) is 11.4 Å². The van der Waals surface area contributed by atoms with Crippen molar-refractivity contribution in [2.24, 2.45) is 0 Å². The standard InChI is InChI=1S/C14H10F3N5O/c15-14(16,17)10-4-1-3-9(7-10)13-19-21-22(20-13)8-12(23)11-5-2-6-18-11/h1-7,18H,8H2. The van der Waals surface area contributed by atoms with Crippen LogP contribution in [0.5, 0.6) is 0 Å². The van der Waals surface area contributed by atoms with E-state index in [0.717, 1.165) is 16.9 Å². The molecule has 1 N–H and O–H groups in total. The minimum Gasteiger partial charge on any atom is -0.359 e. The summed E-state index contributed by atoms with van der Waals surface area (Å²) < 4.78 is 38.1. The van der Waals surface area contributed by atoms with Crippen LogP contribution in [0, 0.1) is 0 Å². The third-order valence-corrected chi connectivity index (χ3v) is 3.08. The first-order valence-electron chi connectivity index (χ1n) is 6.55. The van der Waals surface area contributed by atoms with E-state index in [9.17, 15) is 18.0 Å². The highest BCUT2D eigenvalue weighted by Crippen LogP contribution is 2.31. The molecule has 0 spiro atoms. The van der Waals surface area contributed by atoms with Gasteiger partial charge < -0.3 is 4.98 Å². The molecule has 0 fully saturated rings. The lowest BCUT2D eigenvalue weighted by Crippen LogP contribution is -2.13. The van der Waals surface area contributed by atoms with Gasteiger partial charge >= 0.3 is 6.18 Å². The fourth-order valence-corrected chi connectivity index (χ4v) is 1.98. The van der Waals surface area contributed by atoms with Crippen molar-refractivity contribution in [1.29, 1.82) is 0 Å². The van der Waals surface area contributed by atoms with Gasteiger partial charge in [0.1, 0.15) is 6.54 Å². The number of nitrogens with one attached hydrogen (secondary N) is 1. The Hall–Kier alpha value is -2.97. The number of carbonyl (C=O) groups is 1. The molecule has 0 amide bonds. The van der Waals surface area contributed by atoms with Gasteiger partial charge in [-0.15, -0.1) is 10.2 Å². The zero-order chi connectivity index (χ0) is 16.4. The van der Waals surface area contributed by atoms with Crippen LogP contribution in [-0.2, 0) is 12.7 Å². The fourth-order valence-electron chi connectivity index (χ4n) is 1.98. The van der Waals surface area contributed by atoms with Crippen molar-refractivity contribution in [3.05, 3.63) is 53.9 Å². The molecule has 6 nitrogen and oxygen atoms in total. The number of carbonyl (C=O) groups excluding carboxylic acids is 1. The first kappa shape index (κ1) is 14.9. The number of benzene rings is 1. The number of aromatic nitrogens is 5. The molecule has 1 aromatic carbocycles. The smallest absolute Gasteiger partial charge is 0.359 e. The summed E-state index contributed by atoms with van der Waals surface area (Å²) in [5.74, 6) is -0.238. The van der Waals surface area contributed by atoms with Gasteiger partial charge in [-0.2, -0.15) is 18.0 Å². The number of ketones is 1. The normalized spacial score (nSPS) is 11.6. The van der Waals surface area contributed by atoms with Gasteiger partial charge in [-0.25, -0.2) is 0 Å². The lowest BCUT2D eigenvalue weighted by molar-refractivity contribution is -0.137. The number of tetrazole rings is 1. The van der Waals surface area contributed by atoms with Crippen molar-refractivity contribution in [2.75, 3.05) is 0 Å². The molecule has 0 atom stereocenters. The van der Waals surface area contributed by atoms with E-state index in [1.807, 2.05) is 0 Å². The summed E-state index contributed by atoms with van der Waals surface area (Å²) in [6, 6.07) is 7.90. The van der Waals surface area contributed by atoms with Crippen LogP contribution in [0.3, 0.4) is 0 Å². The van der Waals surface area contributed by atoms with Gasteiger partial charge in [-0.1, -0.05) is 12.1 Å². The molecule has 0 saturated heterocycles. The van der Waals surface area contributed by atoms with E-state index in [4.69, 9.17) is 0 Å². The van der Waals surface area contributed by atoms with Crippen molar-refractivity contribution >= 4 is 5.78 Å². The Bertz CT molecular complexity index is 823. The van der Waals surface area contributed by atoms with Gasteiger partial charge in [0.05, 0.1) is 11.3 Å². The van der Waals surface area contributed by atoms with E-state index in [1.54, 1.807) is 18.3 Å². The summed E-state index contributed by atoms with van der Waals surface area (Å²) in [5, 5.41) is 11.3. The van der Waals surface area contributed by atoms with Crippen molar-refractivity contribution in [1.82, 2.24) is 25.2 Å². The first-order chi connectivity index (χ1) is 10.9. The Balaban J connectivity index is 1.81. The van der Waals surface area contributed by atoms with Crippen LogP contribution in [-0.4, -0.2) is 31.0 Å². The monoisotopic (exact) mass is 321 g/mol. The number of alkyl halides is 3. The van der Waals surface area contributed by atoms with Crippen molar-refractivity contribution in [2.45, 2.75) is 12.7 Å². The number of halogens is 3. The minimum atomic E-state index is -4.45. The number of H-pyrrole nitrogens is 1. The predicted molar refractivity (Wildman–Crippen MR) is 73.4 cm³/mol. The highest BCUT2D eigenvalue weighted by Gasteiger charge is 2.30. The van der Waals surface area contributed by atoms with Crippen LogP contribution in [0.15, 0.2) is 42.6 Å². The summed E-state index contributed by atoms with van der Waals surface area (Å²) in [5.41, 5.74) is -0.227. The number of rotatable bonds is 4. The van der Waals surface area contributed by atoms with Crippen LogP contribution in [0.1, 0.15) is 16.1 Å². The van der Waals surface area contributed by atoms with Gasteiger partial charge in [0, 0.05) is 11.8 Å². The maximum absolute atomic E-state index is 12.7. The maximum Gasteiger partial charge on any atom is 0.416 e. The molecule has 0 saturated carbocycles. The Morgan fingerprint density at radius 1 is 1.22 bits per heavy atom. The zero-order valence-electron chi connectivity index (χ0n) is 11.6. The highest BCUT2D eigenvalue weighted by molar-refractivity contribution is 5.93. The molecule has 3 rings (SSSR count). The summed E-state index contributed by atoms with van der Waals surface area (Å²) in [7, 11) is 0. The lowest BCUT2D eigenvalue weighted by Gasteiger charge is -2.06. The second-order valence-electron chi connectivity index (χ2n) is 4.73. The molecule has 0 aliphatic carbocycles. The number of aromatic amines is 1. The third kappa shape index (κ3) is 3.28. The molecule has 0 aliphatic rings. The van der Waals surface area contributed by atoms with Gasteiger partial charge in [0.2, 0.25) is 11.6 Å². The largest absolute Gasteiger partial charge is 0.416 e. The fraction of sp³-hybridized carbons (Fsp3) is 0.143. The Labute approximate surface area is 127 Å². The highest BCUT2D eigenvalue weighted by atomic mass is 19.4. The van der Waals surface area contributed by atoms with Crippen LogP contribution >= 0.6 is 0 Å². The number of nitrogens with zero attached hydrogens (tertiary/aromatic N) is 4. The maximum atomic E-state index is 12.7. The lowest BCUT2D eigenvalue weighted by atomic mass is 10.1. The van der Waals surface area contributed by atoms with E-state index in [-0.39, 0.29) is 23.7 Å². The second kappa shape index (κ2) is 5.67. The quantitative estimate of drug-likeness (QED) is 0.749. The van der Waals surface area contributed by atoms with Gasteiger partial charge in [-0.3, -0.25) is 4.79 Å². The summed E-state index contributed by atoms with van der Waals surface area (Å²) in [6.07, 6.45) is -2.84. The average Bonchev–Trinajstić information content (AvgIpc) is 3.18. The van der Waals surface area contributed by atoms with E-state index in [1.165, 1.54) is 12.1 Å². The molecule has 9 heteroatoms. The first-order valence-corrected chi connectivity index (χ1v) is 6.55. The van der Waals surface area contributed by atoms with Crippen molar-refractivity contribution in [3.63, 3.8) is 0 Å². The molecule has 2 heterocycles. The zero-order valence-corrected chi connectivity index (χ0v) is 11.6. The molecule has 3 aromatic rings. The Morgan fingerprint density at radius 3 is 2.74 bits per heavy atom. The molecular formula is C14H10F3N5O. The van der Waals surface area contributed by atoms with Gasteiger partial charge in [0.25, 0.3) is 0 Å². The van der Waals surface area contributed by atoms with Gasteiger partial charge in [0.15, 0.2) is 0 Å². The average molecular weight is 321 g/mol. The molecule has 0 radical (unpaired) electrons. The molecule has 118 valence electrons. The molecule has 23 heavy (non-hydrogen) atoms. The van der Waals surface area contributed by atoms with E-state index >= 15 is 0 Å². The summed E-state index contributed by atoms with van der Waals surface area (Å²) in [6.45, 7) is -0.160. The Morgan fingerprint density at radius 2 is 2.04 bits per heavy atom. The third-order valence-electron chi connectivity index (χ3n) is 3.08. The number of hydrogen-bond acceptors (Lipinski definition) is 4. The molecule has 2 aromatic heterocycles. The topological polar surface area (TPSA) is 76.5 Å². The van der Waals surface area contributed by atoms with Crippen LogP contribution < -0.4 is 0 Å². The number of Topliss-reactive ketones (excluding diaryl/α,β-unsaturated/α-hetero) is 1. The van der Waals surface area contributed by atoms with Crippen molar-refractivity contribution in [3.8, 4) is 11.4 Å². The van der Waals surface area contributed by atoms with Gasteiger partial charge in [-0.05, 0) is 29.5 Å². The SMILES string of the molecule is O=C(Cn1nnc(-c2cccc(C(F)(F)F)c2)n1)c1ccc[nH]1. The molecule has 0 aliphatic heterocycles. The second-order valence-corrected chi connectivity index (χ2v) is 4.73. The summed E-state index contributed by atoms with van der Waals surface area (Å²) >= 11 is 0. The van der Waals surface area contributed by atoms with E-state index in [2.05, 4.69) is 20.4 Å². The van der Waals surface area contributed by atoms with E-state index in [0.29, 0.717) is 5.69 Å². The summed E-state index contributed by atoms with van der Waals surface area (Å²) in [4.78, 5) is 15.7. The van der Waals surface area contributed by atoms with Crippen LogP contribution in [0.2, 0.25) is 0 Å². The number of hydrogen-bond donors (Lipinski definition) is 1. The molecular weight excluding hydrogens is 311 g/mol. The molecule has 0 unspecified atom stereocenters. The predicted octanol–water partition coefficient (Wildman–Crippen LogP) is 2.57. The van der Waals surface area contributed by atoms with E-state index < -0.39 is 11.7 Å². The minimum absolute atomic E-state index is 0.0235.